The number of nitrogens with zero attached hydrogens (tertiary/aromatic N) is 4. The van der Waals surface area contributed by atoms with E-state index in [-0.39, 0.29) is 17.7 Å². The molecule has 0 bridgehead atoms. The van der Waals surface area contributed by atoms with Crippen molar-refractivity contribution in [1.29, 1.82) is 0 Å². The van der Waals surface area contributed by atoms with Crippen molar-refractivity contribution >= 4 is 5.91 Å². The summed E-state index contributed by atoms with van der Waals surface area (Å²) in [5.74, 6) is 1.26. The van der Waals surface area contributed by atoms with Gasteiger partial charge in [-0.3, -0.25) is 14.6 Å². The highest BCUT2D eigenvalue weighted by Gasteiger charge is 2.26. The van der Waals surface area contributed by atoms with Crippen molar-refractivity contribution in [2.45, 2.75) is 32.9 Å². The number of halogens is 2. The first-order valence-electron chi connectivity index (χ1n) is 12.0. The number of aromatic nitrogens is 2. The molecular formula is C26H31F2N5O3. The van der Waals surface area contributed by atoms with E-state index in [1.165, 1.54) is 17.7 Å². The van der Waals surface area contributed by atoms with Gasteiger partial charge < -0.3 is 14.6 Å². The quantitative estimate of drug-likeness (QED) is 0.456. The molecule has 1 N–H and O–H groups in total. The second kappa shape index (κ2) is 12.0. The van der Waals surface area contributed by atoms with E-state index in [1.807, 2.05) is 31.2 Å². The molecule has 0 radical (unpaired) electrons. The van der Waals surface area contributed by atoms with Crippen LogP contribution in [0.2, 0.25) is 0 Å². The van der Waals surface area contributed by atoms with Gasteiger partial charge >= 0.3 is 6.61 Å². The van der Waals surface area contributed by atoms with Crippen LogP contribution in [-0.2, 0) is 11.2 Å². The number of amides is 1. The molecule has 3 aromatic rings. The highest BCUT2D eigenvalue weighted by Crippen LogP contribution is 2.23. The molecule has 10 heteroatoms. The SMILES string of the molecule is Cc1ccc(-c2noc(C(C)N3CCN(CC(=O)NCCc4ccc(OC(F)F)cc4)CC3)n2)cc1. The van der Waals surface area contributed by atoms with Crippen LogP contribution in [0.15, 0.2) is 53.1 Å². The summed E-state index contributed by atoms with van der Waals surface area (Å²) < 4.78 is 34.3. The molecule has 1 aliphatic heterocycles. The number of carbonyl (C=O) groups excluding carboxylic acids is 1. The van der Waals surface area contributed by atoms with E-state index in [9.17, 15) is 13.6 Å². The van der Waals surface area contributed by atoms with Gasteiger partial charge in [-0.25, -0.2) is 0 Å². The third-order valence-electron chi connectivity index (χ3n) is 6.32. The van der Waals surface area contributed by atoms with Crippen molar-refractivity contribution in [2.24, 2.45) is 0 Å². The van der Waals surface area contributed by atoms with E-state index >= 15 is 0 Å². The maximum atomic E-state index is 12.4. The average molecular weight is 500 g/mol. The Morgan fingerprint density at radius 1 is 1.08 bits per heavy atom. The van der Waals surface area contributed by atoms with Crippen LogP contribution in [0.25, 0.3) is 11.4 Å². The topological polar surface area (TPSA) is 83.7 Å². The van der Waals surface area contributed by atoms with E-state index in [4.69, 9.17) is 4.52 Å². The van der Waals surface area contributed by atoms with Gasteiger partial charge in [0, 0.05) is 38.3 Å². The van der Waals surface area contributed by atoms with Crippen molar-refractivity contribution in [3.8, 4) is 17.1 Å². The Bertz CT molecular complexity index is 1110. The Balaban J connectivity index is 1.17. The Kier molecular flexibility index (Phi) is 8.61. The van der Waals surface area contributed by atoms with Crippen molar-refractivity contribution in [1.82, 2.24) is 25.3 Å². The average Bonchev–Trinajstić information content (AvgIpc) is 3.36. The molecule has 2 aromatic carbocycles. The lowest BCUT2D eigenvalue weighted by atomic mass is 10.1. The van der Waals surface area contributed by atoms with Crippen LogP contribution in [0.1, 0.15) is 30.0 Å². The first-order valence-corrected chi connectivity index (χ1v) is 12.0. The highest BCUT2D eigenvalue weighted by atomic mass is 19.3. The zero-order chi connectivity index (χ0) is 25.5. The van der Waals surface area contributed by atoms with Gasteiger partial charge in [-0.05, 0) is 38.0 Å². The van der Waals surface area contributed by atoms with Gasteiger partial charge in [0.25, 0.3) is 0 Å². The molecule has 2 heterocycles. The minimum Gasteiger partial charge on any atom is -0.435 e. The molecule has 1 aliphatic rings. The summed E-state index contributed by atoms with van der Waals surface area (Å²) in [7, 11) is 0. The number of alkyl halides is 2. The fourth-order valence-electron chi connectivity index (χ4n) is 4.13. The second-order valence-corrected chi connectivity index (χ2v) is 8.93. The molecule has 4 rings (SSSR count). The minimum absolute atomic E-state index is 0.00911. The summed E-state index contributed by atoms with van der Waals surface area (Å²) in [4.78, 5) is 21.4. The summed E-state index contributed by atoms with van der Waals surface area (Å²) in [6.07, 6.45) is 0.612. The van der Waals surface area contributed by atoms with Crippen LogP contribution in [0.4, 0.5) is 8.78 Å². The van der Waals surface area contributed by atoms with Crippen LogP contribution < -0.4 is 10.1 Å². The number of rotatable bonds is 10. The van der Waals surface area contributed by atoms with E-state index in [2.05, 4.69) is 36.9 Å². The highest BCUT2D eigenvalue weighted by molar-refractivity contribution is 5.78. The molecule has 36 heavy (non-hydrogen) atoms. The van der Waals surface area contributed by atoms with E-state index < -0.39 is 6.61 Å². The molecular weight excluding hydrogens is 468 g/mol. The predicted molar refractivity (Wildman–Crippen MR) is 131 cm³/mol. The smallest absolute Gasteiger partial charge is 0.387 e. The molecule has 1 saturated heterocycles. The fourth-order valence-corrected chi connectivity index (χ4v) is 4.13. The molecule has 1 amide bonds. The summed E-state index contributed by atoms with van der Waals surface area (Å²) in [5, 5.41) is 7.07. The largest absolute Gasteiger partial charge is 0.435 e. The molecule has 192 valence electrons. The number of ether oxygens (including phenoxy) is 1. The van der Waals surface area contributed by atoms with Crippen molar-refractivity contribution in [3.05, 3.63) is 65.5 Å². The maximum Gasteiger partial charge on any atom is 0.387 e. The number of nitrogens with one attached hydrogen (secondary N) is 1. The first-order chi connectivity index (χ1) is 17.4. The molecule has 0 spiro atoms. The third kappa shape index (κ3) is 7.08. The summed E-state index contributed by atoms with van der Waals surface area (Å²) in [6, 6.07) is 14.5. The molecule has 0 aliphatic carbocycles. The van der Waals surface area contributed by atoms with Crippen LogP contribution >= 0.6 is 0 Å². The summed E-state index contributed by atoms with van der Waals surface area (Å²) >= 11 is 0. The Morgan fingerprint density at radius 3 is 2.44 bits per heavy atom. The molecule has 8 nitrogen and oxygen atoms in total. The number of carbonyl (C=O) groups is 1. The Hall–Kier alpha value is -3.37. The standard InChI is InChI=1S/C26H31F2N5O3/c1-18-3-7-21(8-4-18)24-30-25(36-31-24)19(2)33-15-13-32(14-16-33)17-23(34)29-12-11-20-5-9-22(10-6-20)35-26(27)28/h3-10,19,26H,11-17H2,1-2H3,(H,29,34). The second-order valence-electron chi connectivity index (χ2n) is 8.93. The molecule has 1 aromatic heterocycles. The fraction of sp³-hybridized carbons (Fsp3) is 0.423. The van der Waals surface area contributed by atoms with E-state index in [0.717, 1.165) is 37.3 Å². The number of aryl methyl sites for hydroxylation is 1. The van der Waals surface area contributed by atoms with Gasteiger partial charge in [-0.1, -0.05) is 47.1 Å². The minimum atomic E-state index is -2.84. The summed E-state index contributed by atoms with van der Waals surface area (Å²) in [6.45, 7) is 5.19. The predicted octanol–water partition coefficient (Wildman–Crippen LogP) is 3.68. The lowest BCUT2D eigenvalue weighted by Gasteiger charge is -2.36. The van der Waals surface area contributed by atoms with Crippen LogP contribution in [0.5, 0.6) is 5.75 Å². The van der Waals surface area contributed by atoms with Crippen molar-refractivity contribution in [2.75, 3.05) is 39.3 Å². The van der Waals surface area contributed by atoms with Crippen LogP contribution in [0.3, 0.4) is 0 Å². The number of benzene rings is 2. The monoisotopic (exact) mass is 499 g/mol. The summed E-state index contributed by atoms with van der Waals surface area (Å²) in [5.41, 5.74) is 3.04. The Labute approximate surface area is 209 Å². The van der Waals surface area contributed by atoms with Gasteiger partial charge in [-0.2, -0.15) is 13.8 Å². The van der Waals surface area contributed by atoms with Crippen molar-refractivity contribution < 1.29 is 22.8 Å². The lowest BCUT2D eigenvalue weighted by molar-refractivity contribution is -0.122. The van der Waals surface area contributed by atoms with Gasteiger partial charge in [0.2, 0.25) is 17.6 Å². The molecule has 1 fully saturated rings. The van der Waals surface area contributed by atoms with Gasteiger partial charge in [-0.15, -0.1) is 0 Å². The van der Waals surface area contributed by atoms with E-state index in [1.54, 1.807) is 12.1 Å². The first kappa shape index (κ1) is 25.7. The molecule has 1 atom stereocenters. The lowest BCUT2D eigenvalue weighted by Crippen LogP contribution is -2.50. The zero-order valence-electron chi connectivity index (χ0n) is 20.5. The maximum absolute atomic E-state index is 12.4. The normalized spacial score (nSPS) is 15.7. The number of hydrogen-bond donors (Lipinski definition) is 1. The molecule has 0 saturated carbocycles. The van der Waals surface area contributed by atoms with Gasteiger partial charge in [0.15, 0.2) is 0 Å². The Morgan fingerprint density at radius 2 is 1.78 bits per heavy atom. The third-order valence-corrected chi connectivity index (χ3v) is 6.32. The van der Waals surface area contributed by atoms with Crippen LogP contribution in [0, 0.1) is 6.92 Å². The van der Waals surface area contributed by atoms with E-state index in [0.29, 0.717) is 31.2 Å². The zero-order valence-corrected chi connectivity index (χ0v) is 20.5. The van der Waals surface area contributed by atoms with Gasteiger partial charge in [0.1, 0.15) is 5.75 Å². The van der Waals surface area contributed by atoms with Gasteiger partial charge in [0.05, 0.1) is 12.6 Å². The number of piperazine rings is 1. The molecule has 1 unspecified atom stereocenters. The number of hydrogen-bond acceptors (Lipinski definition) is 7. The van der Waals surface area contributed by atoms with Crippen LogP contribution in [-0.4, -0.2) is 71.7 Å². The van der Waals surface area contributed by atoms with Crippen molar-refractivity contribution in [3.63, 3.8) is 0 Å².